The van der Waals surface area contributed by atoms with Gasteiger partial charge >= 0.3 is 5.22 Å². The Kier molecular flexibility index (Phi) is 4.07. The summed E-state index contributed by atoms with van der Waals surface area (Å²) in [6.45, 7) is -0.387. The van der Waals surface area contributed by atoms with Crippen LogP contribution in [0.5, 0.6) is 0 Å². The maximum absolute atomic E-state index is 12.7. The van der Waals surface area contributed by atoms with Gasteiger partial charge in [0.2, 0.25) is 25.8 Å². The third kappa shape index (κ3) is 3.83. The van der Waals surface area contributed by atoms with Crippen LogP contribution in [0.1, 0.15) is 5.89 Å². The Morgan fingerprint density at radius 3 is 2.29 bits per heavy atom. The van der Waals surface area contributed by atoms with Gasteiger partial charge in [0.1, 0.15) is 5.82 Å². The molecule has 0 aliphatic heterocycles. The molecule has 0 amide bonds. The summed E-state index contributed by atoms with van der Waals surface area (Å²) < 4.78 is 65.7. The summed E-state index contributed by atoms with van der Waals surface area (Å²) in [6, 6.07) is 4.19. The molecule has 0 fully saturated rings. The summed E-state index contributed by atoms with van der Waals surface area (Å²) >= 11 is 0. The molecular weight excluding hydrogens is 325 g/mol. The molecule has 1 N–H and O–H groups in total. The molecule has 0 radical (unpaired) electrons. The third-order valence-electron chi connectivity index (χ3n) is 2.30. The van der Waals surface area contributed by atoms with Crippen molar-refractivity contribution in [3.05, 3.63) is 36.0 Å². The molecule has 1 aromatic heterocycles. The fourth-order valence-electron chi connectivity index (χ4n) is 1.31. The average molecular weight is 335 g/mol. The van der Waals surface area contributed by atoms with Gasteiger partial charge in [0.05, 0.1) is 11.4 Å². The topological polar surface area (TPSA) is 119 Å². The molecule has 0 spiro atoms. The maximum Gasteiger partial charge on any atom is 0.335 e. The highest BCUT2D eigenvalue weighted by atomic mass is 32.2. The highest BCUT2D eigenvalue weighted by Crippen LogP contribution is 2.11. The van der Waals surface area contributed by atoms with Crippen LogP contribution in [0.2, 0.25) is 0 Å². The van der Waals surface area contributed by atoms with Crippen molar-refractivity contribution in [2.24, 2.45) is 0 Å². The molecule has 114 valence electrons. The Morgan fingerprint density at radius 1 is 1.14 bits per heavy atom. The van der Waals surface area contributed by atoms with Crippen molar-refractivity contribution >= 4 is 19.9 Å². The van der Waals surface area contributed by atoms with E-state index in [0.717, 1.165) is 30.5 Å². The Morgan fingerprint density at radius 2 is 1.76 bits per heavy atom. The molecule has 0 unspecified atom stereocenters. The Labute approximate surface area is 120 Å². The van der Waals surface area contributed by atoms with Crippen molar-refractivity contribution in [1.82, 2.24) is 14.9 Å². The molecule has 2 rings (SSSR count). The molecule has 2 aromatic rings. The zero-order chi connectivity index (χ0) is 15.7. The van der Waals surface area contributed by atoms with Crippen molar-refractivity contribution in [1.29, 1.82) is 0 Å². The van der Waals surface area contributed by atoms with Gasteiger partial charge in [-0.25, -0.2) is 25.9 Å². The smallest absolute Gasteiger partial charge is 0.335 e. The summed E-state index contributed by atoms with van der Waals surface area (Å²) in [6.07, 6.45) is 0.882. The van der Waals surface area contributed by atoms with Crippen molar-refractivity contribution in [2.75, 3.05) is 6.26 Å². The van der Waals surface area contributed by atoms with E-state index < -0.39 is 30.9 Å². The van der Waals surface area contributed by atoms with Crippen molar-refractivity contribution < 1.29 is 25.6 Å². The van der Waals surface area contributed by atoms with Crippen LogP contribution in [-0.4, -0.2) is 33.3 Å². The lowest BCUT2D eigenvalue weighted by Crippen LogP contribution is -2.23. The first-order valence-electron chi connectivity index (χ1n) is 5.46. The summed E-state index contributed by atoms with van der Waals surface area (Å²) in [4.78, 5) is -0.147. The van der Waals surface area contributed by atoms with Crippen LogP contribution in [0.15, 0.2) is 38.8 Å². The summed E-state index contributed by atoms with van der Waals surface area (Å²) in [5.41, 5.74) is 0. The second kappa shape index (κ2) is 5.50. The number of rotatable bonds is 5. The van der Waals surface area contributed by atoms with Gasteiger partial charge < -0.3 is 4.42 Å². The first kappa shape index (κ1) is 15.5. The second-order valence-electron chi connectivity index (χ2n) is 4.01. The first-order valence-corrected chi connectivity index (χ1v) is 8.83. The maximum atomic E-state index is 12.7. The molecule has 11 heteroatoms. The van der Waals surface area contributed by atoms with Gasteiger partial charge in [-0.3, -0.25) is 0 Å². The number of halogens is 1. The highest BCUT2D eigenvalue weighted by Gasteiger charge is 2.19. The molecular formula is C10H10FN3O5S2. The minimum Gasteiger partial charge on any atom is -0.411 e. The summed E-state index contributed by atoms with van der Waals surface area (Å²) in [5, 5.41) is 6.10. The number of aromatic nitrogens is 2. The van der Waals surface area contributed by atoms with Crippen LogP contribution >= 0.6 is 0 Å². The van der Waals surface area contributed by atoms with E-state index in [2.05, 4.69) is 14.9 Å². The van der Waals surface area contributed by atoms with E-state index >= 15 is 0 Å². The van der Waals surface area contributed by atoms with Crippen LogP contribution < -0.4 is 4.72 Å². The number of sulfonamides is 1. The zero-order valence-electron chi connectivity index (χ0n) is 10.6. The number of nitrogens with one attached hydrogen (secondary N) is 1. The zero-order valence-corrected chi connectivity index (χ0v) is 12.3. The van der Waals surface area contributed by atoms with E-state index in [1.54, 1.807) is 0 Å². The van der Waals surface area contributed by atoms with E-state index in [-0.39, 0.29) is 17.3 Å². The molecule has 8 nitrogen and oxygen atoms in total. The highest BCUT2D eigenvalue weighted by molar-refractivity contribution is 7.90. The summed E-state index contributed by atoms with van der Waals surface area (Å²) in [5.74, 6) is -0.773. The fraction of sp³-hybridized carbons (Fsp3) is 0.200. The monoisotopic (exact) mass is 335 g/mol. The largest absolute Gasteiger partial charge is 0.411 e. The number of sulfone groups is 1. The van der Waals surface area contributed by atoms with Crippen LogP contribution in [0.3, 0.4) is 0 Å². The molecule has 0 aliphatic carbocycles. The van der Waals surface area contributed by atoms with E-state index in [4.69, 9.17) is 4.42 Å². The number of hydrogen-bond acceptors (Lipinski definition) is 7. The molecule has 0 atom stereocenters. The van der Waals surface area contributed by atoms with E-state index in [0.29, 0.717) is 0 Å². The van der Waals surface area contributed by atoms with E-state index in [1.807, 2.05) is 0 Å². The van der Waals surface area contributed by atoms with Crippen LogP contribution in [0.4, 0.5) is 4.39 Å². The van der Waals surface area contributed by atoms with Crippen molar-refractivity contribution in [2.45, 2.75) is 16.7 Å². The van der Waals surface area contributed by atoms with Crippen LogP contribution in [-0.2, 0) is 26.4 Å². The van der Waals surface area contributed by atoms with Gasteiger partial charge in [-0.2, -0.15) is 0 Å². The number of hydrogen-bond donors (Lipinski definition) is 1. The lowest BCUT2D eigenvalue weighted by atomic mass is 10.4. The predicted octanol–water partition coefficient (Wildman–Crippen LogP) is 0.0907. The van der Waals surface area contributed by atoms with Gasteiger partial charge in [-0.15, -0.1) is 5.10 Å². The third-order valence-corrected chi connectivity index (χ3v) is 4.52. The Bertz CT molecular complexity index is 843. The quantitative estimate of drug-likeness (QED) is 0.822. The van der Waals surface area contributed by atoms with E-state index in [1.165, 1.54) is 0 Å². The Balaban J connectivity index is 2.12. The molecule has 21 heavy (non-hydrogen) atoms. The lowest BCUT2D eigenvalue weighted by Gasteiger charge is -2.04. The summed E-state index contributed by atoms with van der Waals surface area (Å²) in [7, 11) is -7.55. The van der Waals surface area contributed by atoms with Crippen molar-refractivity contribution in [3.8, 4) is 0 Å². The number of benzene rings is 1. The van der Waals surface area contributed by atoms with Gasteiger partial charge in [0, 0.05) is 6.26 Å². The molecule has 1 aromatic carbocycles. The average Bonchev–Trinajstić information content (AvgIpc) is 2.86. The SMILES string of the molecule is CS(=O)(=O)c1nnc(CNS(=O)(=O)c2ccc(F)cc2)o1. The minimum absolute atomic E-state index is 0.147. The predicted molar refractivity (Wildman–Crippen MR) is 67.8 cm³/mol. The molecule has 0 aliphatic rings. The molecule has 1 heterocycles. The van der Waals surface area contributed by atoms with Crippen molar-refractivity contribution in [3.63, 3.8) is 0 Å². The van der Waals surface area contributed by atoms with Gasteiger partial charge in [-0.05, 0) is 24.3 Å². The standard InChI is InChI=1S/C10H10FN3O5S2/c1-20(15,16)10-14-13-9(19-10)6-12-21(17,18)8-4-2-7(11)3-5-8/h2-5,12H,6H2,1H3. The van der Waals surface area contributed by atoms with Gasteiger partial charge in [0.25, 0.3) is 0 Å². The normalized spacial score (nSPS) is 12.5. The van der Waals surface area contributed by atoms with Crippen LogP contribution in [0, 0.1) is 5.82 Å². The molecule has 0 saturated carbocycles. The first-order chi connectivity index (χ1) is 9.68. The number of nitrogens with zero attached hydrogens (tertiary/aromatic N) is 2. The molecule has 0 saturated heterocycles. The fourth-order valence-corrected chi connectivity index (χ4v) is 2.72. The Hall–Kier alpha value is -1.85. The lowest BCUT2D eigenvalue weighted by molar-refractivity contribution is 0.394. The van der Waals surface area contributed by atoms with E-state index in [9.17, 15) is 21.2 Å². The van der Waals surface area contributed by atoms with Gasteiger partial charge in [0.15, 0.2) is 0 Å². The second-order valence-corrected chi connectivity index (χ2v) is 7.67. The molecule has 0 bridgehead atoms. The van der Waals surface area contributed by atoms with Gasteiger partial charge in [-0.1, -0.05) is 5.10 Å². The van der Waals surface area contributed by atoms with Crippen LogP contribution in [0.25, 0.3) is 0 Å². The minimum atomic E-state index is -3.90.